The Balaban J connectivity index is 0.00000376. The number of alkyl halides is 3. The Hall–Kier alpha value is -4.62. The number of piperidine rings is 1. The lowest BCUT2D eigenvalue weighted by molar-refractivity contribution is -0.0429. The summed E-state index contributed by atoms with van der Waals surface area (Å²) in [6.07, 6.45) is 3.61. The molecule has 1 aromatic heterocycles. The third kappa shape index (κ3) is 13.4. The summed E-state index contributed by atoms with van der Waals surface area (Å²) in [4.78, 5) is 20.0. The molecule has 388 valence electrons. The maximum absolute atomic E-state index is 14.3. The van der Waals surface area contributed by atoms with Gasteiger partial charge in [-0.2, -0.15) is 13.2 Å². The van der Waals surface area contributed by atoms with E-state index in [0.717, 1.165) is 78.0 Å². The van der Waals surface area contributed by atoms with Crippen LogP contribution in [0.3, 0.4) is 0 Å². The molecule has 0 spiro atoms. The molecule has 0 bridgehead atoms. The molecule has 2 fully saturated rings. The van der Waals surface area contributed by atoms with Crippen LogP contribution in [0.4, 0.5) is 30.2 Å². The van der Waals surface area contributed by atoms with Gasteiger partial charge < -0.3 is 39.5 Å². The number of anilines is 3. The van der Waals surface area contributed by atoms with E-state index in [1.165, 1.54) is 18.0 Å². The fourth-order valence-corrected chi connectivity index (χ4v) is 13.0. The minimum Gasteiger partial charge on any atom is -0.478 e. The van der Waals surface area contributed by atoms with Gasteiger partial charge in [0.05, 0.1) is 22.3 Å². The van der Waals surface area contributed by atoms with Gasteiger partial charge in [-0.25, -0.2) is 13.2 Å². The number of rotatable bonds is 18. The Morgan fingerprint density at radius 1 is 0.833 bits per heavy atom. The highest BCUT2D eigenvalue weighted by Crippen LogP contribution is 2.42. The summed E-state index contributed by atoms with van der Waals surface area (Å²) in [5.41, 5.74) is 1.50. The summed E-state index contributed by atoms with van der Waals surface area (Å²) in [6.45, 7) is 13.6. The normalized spacial score (nSPS) is 18.5. The van der Waals surface area contributed by atoms with Gasteiger partial charge in [0.25, 0.3) is 9.84 Å². The molecule has 72 heavy (non-hydrogen) atoms. The minimum absolute atomic E-state index is 0.220. The van der Waals surface area contributed by atoms with Crippen molar-refractivity contribution in [3.05, 3.63) is 130 Å². The molecule has 5 aromatic rings. The van der Waals surface area contributed by atoms with Crippen LogP contribution in [0, 0.1) is 6.92 Å². The zero-order chi connectivity index (χ0) is 51.6. The molecule has 4 N–H and O–H groups in total. The predicted molar refractivity (Wildman–Crippen MR) is 291 cm³/mol. The van der Waals surface area contributed by atoms with E-state index >= 15 is 0 Å². The number of halogens is 4. The fraction of sp³-hybridized carbons (Fsp3) is 0.426. The molecule has 4 aromatic carbocycles. The quantitative estimate of drug-likeness (QED) is 0.0492. The second kappa shape index (κ2) is 25.1. The number of carbonyl (C=O) groups is 1. The first-order chi connectivity index (χ1) is 34.6. The molecule has 3 aliphatic rings. The van der Waals surface area contributed by atoms with Gasteiger partial charge in [-0.05, 0) is 136 Å². The lowest BCUT2D eigenvalue weighted by Gasteiger charge is -2.37. The number of aliphatic hydroxyl groups excluding tert-OH is 1. The van der Waals surface area contributed by atoms with Gasteiger partial charge in [-0.15, -0.1) is 11.8 Å². The smallest absolute Gasteiger partial charge is 0.478 e. The lowest BCUT2D eigenvalue weighted by Crippen LogP contribution is -2.48. The van der Waals surface area contributed by atoms with Crippen LogP contribution >= 0.6 is 35.3 Å². The topological polar surface area (TPSA) is 130 Å². The molecule has 0 amide bonds. The molecule has 8 rings (SSSR count). The largest absolute Gasteiger partial charge is 0.501 e. The molecule has 2 aliphatic heterocycles. The molecule has 0 radical (unpaired) electrons. The second-order valence-corrected chi connectivity index (χ2v) is 22.6. The predicted octanol–water partition coefficient (Wildman–Crippen LogP) is 11.9. The molecular weight excluding hydrogens is 1000 g/mol. The van der Waals surface area contributed by atoms with Crippen molar-refractivity contribution in [2.24, 2.45) is 0 Å². The van der Waals surface area contributed by atoms with Crippen molar-refractivity contribution < 1.29 is 36.6 Å². The van der Waals surface area contributed by atoms with E-state index in [1.807, 2.05) is 123 Å². The highest BCUT2D eigenvalue weighted by Gasteiger charge is 2.51. The summed E-state index contributed by atoms with van der Waals surface area (Å²) < 4.78 is 74.5. The number of aliphatic hydroxyl groups is 1. The Kier molecular flexibility index (Phi) is 19.2. The number of carboxylic acid groups (broad SMARTS) is 1. The van der Waals surface area contributed by atoms with Crippen molar-refractivity contribution in [1.29, 1.82) is 0 Å². The van der Waals surface area contributed by atoms with Crippen LogP contribution in [0.25, 0.3) is 22.4 Å². The van der Waals surface area contributed by atoms with E-state index in [0.29, 0.717) is 60.8 Å². The molecule has 0 saturated carbocycles. The summed E-state index contributed by atoms with van der Waals surface area (Å²) in [5, 5.41) is 23.9. The zero-order valence-electron chi connectivity index (χ0n) is 41.2. The lowest BCUT2D eigenvalue weighted by atomic mass is 9.96. The van der Waals surface area contributed by atoms with Crippen molar-refractivity contribution >= 4 is 68.2 Å². The zero-order valence-corrected chi connectivity index (χ0v) is 44.5. The van der Waals surface area contributed by atoms with Gasteiger partial charge in [0.1, 0.15) is 0 Å². The molecule has 11 nitrogen and oxygen atoms in total. The first kappa shape index (κ1) is 55.1. The Bertz CT molecular complexity index is 2710. The van der Waals surface area contributed by atoms with Gasteiger partial charge >= 0.3 is 11.5 Å². The molecular formula is C54H66ClF3N6O5S3. The van der Waals surface area contributed by atoms with E-state index in [2.05, 4.69) is 36.9 Å². The number of aromatic carboxylic acids is 1. The van der Waals surface area contributed by atoms with E-state index < -0.39 is 37.5 Å². The van der Waals surface area contributed by atoms with E-state index in [4.69, 9.17) is 11.6 Å². The number of likely N-dealkylation sites (tertiary alicyclic amines) is 1. The SMILES string of the molecule is CC.CCn1c(C)c(C(=O)O)c(-c2cccc(N3CCN(c4ccc(NSC5C=C(S(=O)(=O)C(F)(F)F)C(N[C@H](CCN6CCC(O)CC6)CSc6ccccc6)CC5)cc4)CC3)c2)c1-c1ccc(Cl)cc1. The van der Waals surface area contributed by atoms with E-state index in [-0.39, 0.29) is 24.1 Å². The molecule has 1 aliphatic carbocycles. The Morgan fingerprint density at radius 2 is 1.49 bits per heavy atom. The minimum atomic E-state index is -5.62. The maximum Gasteiger partial charge on any atom is 0.501 e. The number of benzene rings is 4. The summed E-state index contributed by atoms with van der Waals surface area (Å²) in [5.74, 6) is -0.429. The maximum atomic E-state index is 14.3. The van der Waals surface area contributed by atoms with E-state index in [1.54, 1.807) is 11.8 Å². The molecule has 2 unspecified atom stereocenters. The molecule has 18 heteroatoms. The van der Waals surface area contributed by atoms with E-state index in [9.17, 15) is 36.6 Å². The van der Waals surface area contributed by atoms with Gasteiger partial charge in [-0.3, -0.25) is 0 Å². The standard InChI is InChI=1S/C52H60ClF3N6O5S3.C2H6/c1-3-62-35(2)48(51(64)65)49(50(62)36-12-14-38(53)15-13-36)37-8-7-9-42(32-37)61-30-28-60(29-31-61)41-18-16-39(17-19-41)58-69-45-20-21-46(47(33-45)70(66,67)52(54,55)56)57-40(34-68-44-10-5-4-6-11-44)22-25-59-26-23-43(63)24-27-59;1-2/h4-19,32-33,40,43,45-46,57-58,63H,3,20-31,34H2,1-2H3,(H,64,65);1-2H3/t40-,45?,46?;/m1./s1. The van der Waals surface area contributed by atoms with Crippen LogP contribution in [-0.4, -0.2) is 115 Å². The number of hydrogen-bond acceptors (Lipinski definition) is 11. The second-order valence-electron chi connectivity index (χ2n) is 18.1. The first-order valence-corrected chi connectivity index (χ1v) is 28.5. The monoisotopic (exact) mass is 1070 g/mol. The number of carboxylic acids is 1. The molecule has 2 saturated heterocycles. The van der Waals surface area contributed by atoms with Crippen molar-refractivity contribution in [2.75, 3.05) is 66.1 Å². The van der Waals surface area contributed by atoms with Crippen molar-refractivity contribution in [3.8, 4) is 22.4 Å². The molecule has 3 atom stereocenters. The highest BCUT2D eigenvalue weighted by atomic mass is 35.5. The van der Waals surface area contributed by atoms with Crippen molar-refractivity contribution in [2.45, 2.75) is 100 Å². The fourth-order valence-electron chi connectivity index (χ4n) is 9.77. The van der Waals surface area contributed by atoms with Crippen LogP contribution in [0.15, 0.2) is 119 Å². The van der Waals surface area contributed by atoms with Crippen molar-refractivity contribution in [1.82, 2.24) is 14.8 Å². The van der Waals surface area contributed by atoms with Gasteiger partial charge in [-0.1, -0.05) is 74.0 Å². The van der Waals surface area contributed by atoms with Gasteiger partial charge in [0.15, 0.2) is 0 Å². The van der Waals surface area contributed by atoms with Gasteiger partial charge in [0, 0.05) is 107 Å². The number of thioether (sulfide) groups is 1. The Morgan fingerprint density at radius 3 is 2.11 bits per heavy atom. The average molecular weight is 1070 g/mol. The van der Waals surface area contributed by atoms with Crippen LogP contribution < -0.4 is 19.8 Å². The highest BCUT2D eigenvalue weighted by molar-refractivity contribution is 8.01. The number of aromatic nitrogens is 1. The number of hydrogen-bond donors (Lipinski definition) is 4. The number of nitrogens with one attached hydrogen (secondary N) is 2. The van der Waals surface area contributed by atoms with Crippen molar-refractivity contribution in [3.63, 3.8) is 0 Å². The summed E-state index contributed by atoms with van der Waals surface area (Å²) in [7, 11) is -5.62. The first-order valence-electron chi connectivity index (χ1n) is 24.8. The van der Waals surface area contributed by atoms with Crippen LogP contribution in [0.1, 0.15) is 68.9 Å². The Labute approximate surface area is 436 Å². The summed E-state index contributed by atoms with van der Waals surface area (Å²) >= 11 is 9.03. The van der Waals surface area contributed by atoms with Gasteiger partial charge in [0.2, 0.25) is 0 Å². The van der Waals surface area contributed by atoms with Crippen LogP contribution in [0.2, 0.25) is 5.02 Å². The third-order valence-corrected chi connectivity index (χ3v) is 17.6. The van der Waals surface area contributed by atoms with Crippen LogP contribution in [-0.2, 0) is 16.4 Å². The number of piperazine rings is 1. The number of nitrogens with zero attached hydrogens (tertiary/aromatic N) is 4. The number of sulfone groups is 1. The summed E-state index contributed by atoms with van der Waals surface area (Å²) in [6, 6.07) is 31.9. The van der Waals surface area contributed by atoms with Crippen LogP contribution in [0.5, 0.6) is 0 Å². The molecule has 3 heterocycles. The third-order valence-electron chi connectivity index (χ3n) is 13.5. The average Bonchev–Trinajstić information content (AvgIpc) is 3.70.